The van der Waals surface area contributed by atoms with Gasteiger partial charge in [-0.3, -0.25) is 0 Å². The summed E-state index contributed by atoms with van der Waals surface area (Å²) in [5, 5.41) is 0. The third-order valence-electron chi connectivity index (χ3n) is 3.75. The summed E-state index contributed by atoms with van der Waals surface area (Å²) in [7, 11) is 0. The van der Waals surface area contributed by atoms with Crippen LogP contribution in [0.15, 0.2) is 12.4 Å². The first-order chi connectivity index (χ1) is 9.20. The fourth-order valence-corrected chi connectivity index (χ4v) is 2.82. The van der Waals surface area contributed by atoms with Crippen LogP contribution in [-0.2, 0) is 13.1 Å². The van der Waals surface area contributed by atoms with Gasteiger partial charge in [0.05, 0.1) is 19.0 Å². The van der Waals surface area contributed by atoms with Crippen molar-refractivity contribution in [1.29, 1.82) is 0 Å². The maximum absolute atomic E-state index is 2.47. The summed E-state index contributed by atoms with van der Waals surface area (Å²) in [5.41, 5.74) is 0. The summed E-state index contributed by atoms with van der Waals surface area (Å²) < 4.78 is 4.90. The van der Waals surface area contributed by atoms with Crippen molar-refractivity contribution in [3.05, 3.63) is 18.2 Å². The predicted octanol–water partition coefficient (Wildman–Crippen LogP) is 4.67. The van der Waals surface area contributed by atoms with Gasteiger partial charge in [-0.1, -0.05) is 53.4 Å². The summed E-state index contributed by atoms with van der Waals surface area (Å²) in [6.07, 6.45) is 14.0. The Labute approximate surface area is 119 Å². The molecule has 110 valence electrons. The van der Waals surface area contributed by atoms with E-state index in [1.54, 1.807) is 0 Å². The van der Waals surface area contributed by atoms with Crippen LogP contribution in [0, 0.1) is 0 Å². The minimum Gasteiger partial charge on any atom is -0.234 e. The van der Waals surface area contributed by atoms with Gasteiger partial charge in [-0.25, -0.2) is 9.13 Å². The molecule has 0 spiro atoms. The van der Waals surface area contributed by atoms with Gasteiger partial charge in [0.15, 0.2) is 0 Å². The molecule has 1 heterocycles. The van der Waals surface area contributed by atoms with Crippen LogP contribution in [0.1, 0.15) is 84.4 Å². The molecule has 19 heavy (non-hydrogen) atoms. The molecule has 0 N–H and O–H groups in total. The molecule has 0 bridgehead atoms. The van der Waals surface area contributed by atoms with Crippen molar-refractivity contribution in [2.45, 2.75) is 91.6 Å². The molecule has 2 heteroatoms. The van der Waals surface area contributed by atoms with E-state index in [-0.39, 0.29) is 0 Å². The van der Waals surface area contributed by atoms with Crippen LogP contribution in [0.25, 0.3) is 0 Å². The molecular formula is C17H33N2+. The third kappa shape index (κ3) is 5.38. The van der Waals surface area contributed by atoms with Gasteiger partial charge in [-0.15, -0.1) is 0 Å². The fraction of sp³-hybridized carbons (Fsp3) is 0.824. The number of aryl methyl sites for hydroxylation is 2. The molecular weight excluding hydrogens is 232 g/mol. The Kier molecular flexibility index (Phi) is 7.85. The lowest BCUT2D eigenvalue weighted by Gasteiger charge is -2.07. The Balaban J connectivity index is 2.44. The minimum absolute atomic E-state index is 0.613. The molecule has 0 saturated carbocycles. The van der Waals surface area contributed by atoms with Crippen LogP contribution >= 0.6 is 0 Å². The Morgan fingerprint density at radius 1 is 1.00 bits per heavy atom. The topological polar surface area (TPSA) is 8.81 Å². The Morgan fingerprint density at radius 3 is 2.32 bits per heavy atom. The van der Waals surface area contributed by atoms with Crippen LogP contribution in [0.2, 0.25) is 0 Å². The van der Waals surface area contributed by atoms with E-state index in [0.29, 0.717) is 5.92 Å². The number of imidazole rings is 1. The van der Waals surface area contributed by atoms with Gasteiger partial charge in [-0.2, -0.15) is 0 Å². The van der Waals surface area contributed by atoms with Gasteiger partial charge in [-0.05, 0) is 19.3 Å². The van der Waals surface area contributed by atoms with Crippen molar-refractivity contribution in [3.8, 4) is 0 Å². The zero-order valence-corrected chi connectivity index (χ0v) is 13.5. The highest BCUT2D eigenvalue weighted by Gasteiger charge is 2.19. The van der Waals surface area contributed by atoms with Crippen molar-refractivity contribution in [2.24, 2.45) is 0 Å². The van der Waals surface area contributed by atoms with Crippen LogP contribution in [0.4, 0.5) is 0 Å². The molecule has 0 aliphatic rings. The van der Waals surface area contributed by atoms with Gasteiger partial charge in [0.25, 0.3) is 5.82 Å². The number of nitrogens with zero attached hydrogens (tertiary/aromatic N) is 2. The average molecular weight is 265 g/mol. The van der Waals surface area contributed by atoms with Crippen molar-refractivity contribution in [1.82, 2.24) is 4.57 Å². The number of hydrogen-bond donors (Lipinski definition) is 0. The van der Waals surface area contributed by atoms with Gasteiger partial charge >= 0.3 is 0 Å². The number of hydrogen-bond acceptors (Lipinski definition) is 0. The molecule has 1 aromatic rings. The highest BCUT2D eigenvalue weighted by atomic mass is 15.1. The largest absolute Gasteiger partial charge is 0.258 e. The first kappa shape index (κ1) is 16.3. The molecule has 0 aliphatic carbocycles. The van der Waals surface area contributed by atoms with E-state index in [9.17, 15) is 0 Å². The van der Waals surface area contributed by atoms with Gasteiger partial charge in [0, 0.05) is 0 Å². The van der Waals surface area contributed by atoms with Gasteiger partial charge in [0.1, 0.15) is 12.4 Å². The van der Waals surface area contributed by atoms with E-state index in [0.717, 1.165) is 6.54 Å². The Hall–Kier alpha value is -0.790. The van der Waals surface area contributed by atoms with Gasteiger partial charge in [0.2, 0.25) is 0 Å². The summed E-state index contributed by atoms with van der Waals surface area (Å²) >= 11 is 0. The molecule has 0 unspecified atom stereocenters. The molecule has 0 aromatic carbocycles. The van der Waals surface area contributed by atoms with E-state index in [1.165, 1.54) is 57.3 Å². The maximum atomic E-state index is 2.47. The van der Waals surface area contributed by atoms with Crippen LogP contribution in [0.5, 0.6) is 0 Å². The van der Waals surface area contributed by atoms with Crippen molar-refractivity contribution < 1.29 is 4.57 Å². The van der Waals surface area contributed by atoms with E-state index < -0.39 is 0 Å². The van der Waals surface area contributed by atoms with E-state index >= 15 is 0 Å². The Morgan fingerprint density at radius 2 is 1.68 bits per heavy atom. The smallest absolute Gasteiger partial charge is 0.234 e. The second kappa shape index (κ2) is 9.17. The highest BCUT2D eigenvalue weighted by Crippen LogP contribution is 2.13. The van der Waals surface area contributed by atoms with Crippen LogP contribution in [-0.4, -0.2) is 4.57 Å². The Bertz CT molecular complexity index is 339. The normalized spacial score (nSPS) is 11.4. The third-order valence-corrected chi connectivity index (χ3v) is 3.75. The molecule has 0 radical (unpaired) electrons. The average Bonchev–Trinajstić information content (AvgIpc) is 2.77. The molecule has 1 aromatic heterocycles. The highest BCUT2D eigenvalue weighted by molar-refractivity contribution is 4.89. The summed E-state index contributed by atoms with van der Waals surface area (Å²) in [6.45, 7) is 11.5. The van der Waals surface area contributed by atoms with Crippen LogP contribution in [0.3, 0.4) is 0 Å². The first-order valence-corrected chi connectivity index (χ1v) is 8.29. The minimum atomic E-state index is 0.613. The zero-order chi connectivity index (χ0) is 14.1. The number of aromatic nitrogens is 2. The summed E-state index contributed by atoms with van der Waals surface area (Å²) in [6, 6.07) is 0. The standard InChI is InChI=1S/C17H33N2/c1-5-7-8-9-10-11-13-19-15-14-18(12-6-2)17(19)16(3)4/h14-16H,5-13H2,1-4H3/q+1. The molecule has 0 atom stereocenters. The quantitative estimate of drug-likeness (QED) is 0.429. The predicted molar refractivity (Wildman–Crippen MR) is 82.4 cm³/mol. The molecule has 0 amide bonds. The van der Waals surface area contributed by atoms with Crippen molar-refractivity contribution in [2.75, 3.05) is 0 Å². The molecule has 1 rings (SSSR count). The lowest BCUT2D eigenvalue weighted by molar-refractivity contribution is -0.704. The molecule has 0 saturated heterocycles. The second-order valence-corrected chi connectivity index (χ2v) is 5.97. The maximum Gasteiger partial charge on any atom is 0.258 e. The molecule has 2 nitrogen and oxygen atoms in total. The van der Waals surface area contributed by atoms with Crippen molar-refractivity contribution >= 4 is 0 Å². The summed E-state index contributed by atoms with van der Waals surface area (Å²) in [5.74, 6) is 2.11. The SMILES string of the molecule is CCCCCCCCn1cc[n+](CCC)c1C(C)C. The second-order valence-electron chi connectivity index (χ2n) is 5.97. The number of unbranched alkanes of at least 4 members (excludes halogenated alkanes) is 5. The zero-order valence-electron chi connectivity index (χ0n) is 13.5. The van der Waals surface area contributed by atoms with Crippen LogP contribution < -0.4 is 4.57 Å². The summed E-state index contributed by atoms with van der Waals surface area (Å²) in [4.78, 5) is 0. The van der Waals surface area contributed by atoms with Gasteiger partial charge < -0.3 is 0 Å². The fourth-order valence-electron chi connectivity index (χ4n) is 2.82. The monoisotopic (exact) mass is 265 g/mol. The van der Waals surface area contributed by atoms with E-state index in [2.05, 4.69) is 49.2 Å². The molecule has 0 aliphatic heterocycles. The number of rotatable bonds is 10. The molecule has 0 fully saturated rings. The lowest BCUT2D eigenvalue weighted by atomic mass is 10.1. The first-order valence-electron chi connectivity index (χ1n) is 8.29. The van der Waals surface area contributed by atoms with E-state index in [4.69, 9.17) is 0 Å². The lowest BCUT2D eigenvalue weighted by Crippen LogP contribution is -2.37. The van der Waals surface area contributed by atoms with E-state index in [1.807, 2.05) is 0 Å². The van der Waals surface area contributed by atoms with Crippen molar-refractivity contribution in [3.63, 3.8) is 0 Å².